The summed E-state index contributed by atoms with van der Waals surface area (Å²) in [5, 5.41) is 2.28. The third-order valence-corrected chi connectivity index (χ3v) is 8.14. The Morgan fingerprint density at radius 2 is 1.62 bits per heavy atom. The number of carbonyl (C=O) groups is 3. The van der Waals surface area contributed by atoms with Gasteiger partial charge >= 0.3 is 12.2 Å². The Kier molecular flexibility index (Phi) is 5.74. The summed E-state index contributed by atoms with van der Waals surface area (Å²) < 4.78 is 54.6. The van der Waals surface area contributed by atoms with Crippen LogP contribution in [0.25, 0.3) is 0 Å². The van der Waals surface area contributed by atoms with Crippen molar-refractivity contribution < 1.29 is 31.9 Å². The number of amides is 4. The van der Waals surface area contributed by atoms with Gasteiger partial charge in [0.1, 0.15) is 5.82 Å². The molecule has 0 saturated carbocycles. The van der Waals surface area contributed by atoms with Crippen molar-refractivity contribution >= 4 is 29.2 Å². The summed E-state index contributed by atoms with van der Waals surface area (Å²) in [6.07, 6.45) is -3.76. The molecule has 0 bridgehead atoms. The molecule has 3 atom stereocenters. The third-order valence-electron chi connectivity index (χ3n) is 8.14. The van der Waals surface area contributed by atoms with Crippen LogP contribution in [-0.4, -0.2) is 30.4 Å². The van der Waals surface area contributed by atoms with E-state index in [-0.39, 0.29) is 18.0 Å². The molecule has 3 aliphatic heterocycles. The highest BCUT2D eigenvalue weighted by Crippen LogP contribution is 2.51. The lowest BCUT2D eigenvalue weighted by atomic mass is 9.64. The number of benzene rings is 3. The molecule has 2 fully saturated rings. The van der Waals surface area contributed by atoms with Crippen LogP contribution in [0.15, 0.2) is 72.8 Å². The predicted octanol–water partition coefficient (Wildman–Crippen LogP) is 5.42. The topological polar surface area (TPSA) is 69.7 Å². The van der Waals surface area contributed by atoms with E-state index in [1.807, 2.05) is 30.3 Å². The van der Waals surface area contributed by atoms with Gasteiger partial charge < -0.3 is 4.90 Å². The Bertz CT molecular complexity index is 1480. The molecule has 3 aromatic carbocycles. The zero-order valence-electron chi connectivity index (χ0n) is 20.5. The van der Waals surface area contributed by atoms with Crippen molar-refractivity contribution in [1.82, 2.24) is 5.32 Å². The van der Waals surface area contributed by atoms with E-state index in [1.54, 1.807) is 11.0 Å². The Balaban J connectivity index is 1.47. The summed E-state index contributed by atoms with van der Waals surface area (Å²) in [4.78, 5) is 43.4. The van der Waals surface area contributed by atoms with E-state index >= 15 is 4.39 Å². The number of barbiturate groups is 1. The van der Waals surface area contributed by atoms with Crippen molar-refractivity contribution in [3.63, 3.8) is 0 Å². The number of imide groups is 2. The van der Waals surface area contributed by atoms with Gasteiger partial charge in [-0.15, -0.1) is 0 Å². The number of halogens is 4. The molecule has 200 valence electrons. The van der Waals surface area contributed by atoms with Crippen molar-refractivity contribution in [3.05, 3.63) is 95.3 Å². The average Bonchev–Trinajstić information content (AvgIpc) is 2.92. The molecule has 0 aliphatic carbocycles. The van der Waals surface area contributed by atoms with Crippen LogP contribution in [0, 0.1) is 11.2 Å². The molecule has 39 heavy (non-hydrogen) atoms. The number of piperidine rings is 1. The Morgan fingerprint density at radius 3 is 2.31 bits per heavy atom. The first kappa shape index (κ1) is 25.1. The molecular weight excluding hydrogens is 514 g/mol. The second-order valence-electron chi connectivity index (χ2n) is 10.2. The van der Waals surface area contributed by atoms with Crippen molar-refractivity contribution in [2.24, 2.45) is 5.41 Å². The maximum absolute atomic E-state index is 15.2. The summed E-state index contributed by atoms with van der Waals surface area (Å²) >= 11 is 0. The lowest BCUT2D eigenvalue weighted by molar-refractivity contribution is -0.145. The molecule has 2 saturated heterocycles. The van der Waals surface area contributed by atoms with Crippen LogP contribution in [0.5, 0.6) is 0 Å². The molecule has 1 N–H and O–H groups in total. The van der Waals surface area contributed by atoms with Crippen LogP contribution in [0.1, 0.15) is 35.4 Å². The Labute approximate surface area is 221 Å². The van der Waals surface area contributed by atoms with Gasteiger partial charge in [-0.2, -0.15) is 13.2 Å². The fraction of sp³-hybridized carbons (Fsp3) is 0.276. The number of alkyl halides is 3. The highest BCUT2D eigenvalue weighted by atomic mass is 19.4. The van der Waals surface area contributed by atoms with E-state index in [2.05, 4.69) is 5.32 Å². The number of anilines is 2. The van der Waals surface area contributed by atoms with E-state index < -0.39 is 46.9 Å². The molecular formula is C29H23F4N3O3. The maximum Gasteiger partial charge on any atom is 0.416 e. The van der Waals surface area contributed by atoms with Gasteiger partial charge in [0.25, 0.3) is 5.91 Å². The van der Waals surface area contributed by atoms with E-state index in [4.69, 9.17) is 0 Å². The molecule has 6 nitrogen and oxygen atoms in total. The van der Waals surface area contributed by atoms with E-state index in [0.29, 0.717) is 30.6 Å². The summed E-state index contributed by atoms with van der Waals surface area (Å²) in [5.41, 5.74) is -1.03. The van der Waals surface area contributed by atoms with Gasteiger partial charge in [0.15, 0.2) is 5.41 Å². The van der Waals surface area contributed by atoms with Crippen molar-refractivity contribution in [1.29, 1.82) is 0 Å². The second kappa shape index (κ2) is 8.93. The summed E-state index contributed by atoms with van der Waals surface area (Å²) in [6, 6.07) is 15.9. The van der Waals surface area contributed by atoms with Crippen LogP contribution < -0.4 is 15.1 Å². The summed E-state index contributed by atoms with van der Waals surface area (Å²) in [5.74, 6) is -2.13. The average molecular weight is 538 g/mol. The maximum atomic E-state index is 15.2. The lowest BCUT2D eigenvalue weighted by Gasteiger charge is -2.54. The van der Waals surface area contributed by atoms with Crippen molar-refractivity contribution in [2.45, 2.75) is 37.4 Å². The smallest absolute Gasteiger partial charge is 0.364 e. The minimum atomic E-state index is -4.60. The fourth-order valence-electron chi connectivity index (χ4n) is 6.31. The lowest BCUT2D eigenvalue weighted by Crippen LogP contribution is -2.73. The molecule has 1 spiro atoms. The monoisotopic (exact) mass is 537 g/mol. The van der Waals surface area contributed by atoms with Gasteiger partial charge in [0.05, 0.1) is 23.0 Å². The first-order valence-electron chi connectivity index (χ1n) is 12.6. The minimum absolute atomic E-state index is 0.0320. The number of nitrogens with zero attached hydrogens (tertiary/aromatic N) is 2. The van der Waals surface area contributed by atoms with Gasteiger partial charge in [-0.25, -0.2) is 14.1 Å². The zero-order chi connectivity index (χ0) is 27.5. The highest BCUT2D eigenvalue weighted by molar-refractivity contribution is 6.30. The van der Waals surface area contributed by atoms with Crippen LogP contribution in [0.4, 0.5) is 33.7 Å². The molecule has 3 aliphatic rings. The van der Waals surface area contributed by atoms with E-state index in [0.717, 1.165) is 34.7 Å². The molecule has 4 amide bonds. The second-order valence-corrected chi connectivity index (χ2v) is 10.2. The van der Waals surface area contributed by atoms with Gasteiger partial charge in [-0.3, -0.25) is 14.9 Å². The van der Waals surface area contributed by atoms with Gasteiger partial charge in [-0.05, 0) is 66.6 Å². The SMILES string of the molecule is O=C1NC(=O)[C@]2(Cc3cccc(F)c3N3CC[C@@H](c4ccccc4)C[C@H]32)C(=O)N1c1ccc(C(F)(F)F)cc1. The minimum Gasteiger partial charge on any atom is -0.364 e. The standard InChI is InChI=1S/C29H23F4N3O3/c30-22-8-4-7-19-16-28(23-15-18(13-14-35(23)24(19)22)17-5-2-1-3-6-17)25(37)34-27(39)36(26(28)38)21-11-9-20(10-12-21)29(31,32)33/h1-12,18,23H,13-16H2,(H,34,37,39)/t18-,23+,28-/m1/s1. The summed E-state index contributed by atoms with van der Waals surface area (Å²) in [6.45, 7) is 0.370. The number of nitrogens with one attached hydrogen (secondary N) is 1. The van der Waals surface area contributed by atoms with E-state index in [1.165, 1.54) is 12.1 Å². The normalized spacial score (nSPS) is 24.9. The van der Waals surface area contributed by atoms with Crippen molar-refractivity contribution in [2.75, 3.05) is 16.3 Å². The van der Waals surface area contributed by atoms with Crippen molar-refractivity contribution in [3.8, 4) is 0 Å². The molecule has 3 aromatic rings. The largest absolute Gasteiger partial charge is 0.416 e. The number of urea groups is 1. The van der Waals surface area contributed by atoms with Crippen LogP contribution in [0.3, 0.4) is 0 Å². The third kappa shape index (κ3) is 3.88. The number of hydrogen-bond acceptors (Lipinski definition) is 4. The highest BCUT2D eigenvalue weighted by Gasteiger charge is 2.63. The van der Waals surface area contributed by atoms with Crippen LogP contribution in [0.2, 0.25) is 0 Å². The quantitative estimate of drug-likeness (QED) is 0.350. The first-order chi connectivity index (χ1) is 18.6. The molecule has 10 heteroatoms. The zero-order valence-corrected chi connectivity index (χ0v) is 20.5. The number of fused-ring (bicyclic) bond motifs is 4. The molecule has 0 aromatic heterocycles. The number of rotatable bonds is 2. The van der Waals surface area contributed by atoms with Crippen LogP contribution in [-0.2, 0) is 22.2 Å². The Hall–Kier alpha value is -4.21. The predicted molar refractivity (Wildman–Crippen MR) is 135 cm³/mol. The van der Waals surface area contributed by atoms with Gasteiger partial charge in [-0.1, -0.05) is 42.5 Å². The van der Waals surface area contributed by atoms with Gasteiger partial charge in [0.2, 0.25) is 5.91 Å². The molecule has 0 radical (unpaired) electrons. The number of para-hydroxylation sites is 1. The first-order valence-corrected chi connectivity index (χ1v) is 12.6. The number of carbonyl (C=O) groups excluding carboxylic acids is 3. The number of hydrogen-bond donors (Lipinski definition) is 1. The fourth-order valence-corrected chi connectivity index (χ4v) is 6.31. The molecule has 3 heterocycles. The Morgan fingerprint density at radius 1 is 0.897 bits per heavy atom. The van der Waals surface area contributed by atoms with E-state index in [9.17, 15) is 27.6 Å². The molecule has 6 rings (SSSR count). The molecule has 0 unspecified atom stereocenters. The van der Waals surface area contributed by atoms with Gasteiger partial charge in [0, 0.05) is 6.54 Å². The van der Waals surface area contributed by atoms with Crippen LogP contribution >= 0.6 is 0 Å². The summed E-state index contributed by atoms with van der Waals surface area (Å²) in [7, 11) is 0.